The van der Waals surface area contributed by atoms with Crippen molar-refractivity contribution in [2.24, 2.45) is 0 Å². The molecule has 1 unspecified atom stereocenters. The summed E-state index contributed by atoms with van der Waals surface area (Å²) in [5, 5.41) is 10.1. The van der Waals surface area contributed by atoms with Crippen LogP contribution in [0.5, 0.6) is 0 Å². The summed E-state index contributed by atoms with van der Waals surface area (Å²) in [5.41, 5.74) is 1.85. The third kappa shape index (κ3) is 3.94. The first kappa shape index (κ1) is 16.7. The van der Waals surface area contributed by atoms with Gasteiger partial charge in [0.2, 0.25) is 0 Å². The highest BCUT2D eigenvalue weighted by atomic mass is 32.2. The Balaban J connectivity index is 2.02. The highest BCUT2D eigenvalue weighted by Gasteiger charge is 2.18. The summed E-state index contributed by atoms with van der Waals surface area (Å²) in [6.07, 6.45) is 1.59. The first-order chi connectivity index (χ1) is 10.2. The Morgan fingerprint density at radius 1 is 1.27 bits per heavy atom. The van der Waals surface area contributed by atoms with Gasteiger partial charge in [0.15, 0.2) is 5.03 Å². The third-order valence-electron chi connectivity index (χ3n) is 3.39. The summed E-state index contributed by atoms with van der Waals surface area (Å²) in [6, 6.07) is 7.52. The summed E-state index contributed by atoms with van der Waals surface area (Å²) in [6.45, 7) is 6.22. The number of aromatic nitrogens is 2. The number of aromatic amines is 1. The average Bonchev–Trinajstić information content (AvgIpc) is 2.99. The molecule has 2 aromatic rings. The Bertz CT molecular complexity index is 701. The highest BCUT2D eigenvalue weighted by Crippen LogP contribution is 2.23. The van der Waals surface area contributed by atoms with Gasteiger partial charge in [-0.15, -0.1) is 0 Å². The molecular weight excluding hydrogens is 302 g/mol. The molecule has 0 spiro atoms. The molecule has 120 valence electrons. The van der Waals surface area contributed by atoms with Gasteiger partial charge in [-0.2, -0.15) is 0 Å². The number of H-pyrrole nitrogens is 1. The van der Waals surface area contributed by atoms with Gasteiger partial charge in [0, 0.05) is 6.54 Å². The van der Waals surface area contributed by atoms with Crippen LogP contribution in [0.4, 0.5) is 0 Å². The lowest BCUT2D eigenvalue weighted by atomic mass is 9.86. The molecule has 3 N–H and O–H groups in total. The van der Waals surface area contributed by atoms with Gasteiger partial charge in [0.1, 0.15) is 0 Å². The maximum atomic E-state index is 11.9. The van der Waals surface area contributed by atoms with Gasteiger partial charge >= 0.3 is 0 Å². The lowest BCUT2D eigenvalue weighted by Gasteiger charge is -2.20. The molecule has 0 saturated heterocycles. The molecule has 0 radical (unpaired) electrons. The van der Waals surface area contributed by atoms with Gasteiger partial charge in [-0.1, -0.05) is 45.0 Å². The predicted octanol–water partition coefficient (Wildman–Crippen LogP) is 1.72. The number of nitrogens with one attached hydrogen (secondary N) is 2. The van der Waals surface area contributed by atoms with Crippen LogP contribution in [0.15, 0.2) is 41.8 Å². The zero-order chi connectivity index (χ0) is 16.4. The van der Waals surface area contributed by atoms with Crippen molar-refractivity contribution in [1.29, 1.82) is 0 Å². The predicted molar refractivity (Wildman–Crippen MR) is 83.9 cm³/mol. The molecule has 0 aliphatic carbocycles. The van der Waals surface area contributed by atoms with Crippen LogP contribution in [0.1, 0.15) is 38.0 Å². The van der Waals surface area contributed by atoms with Crippen LogP contribution in [0.25, 0.3) is 0 Å². The monoisotopic (exact) mass is 323 g/mol. The zero-order valence-electron chi connectivity index (χ0n) is 12.9. The molecule has 0 bridgehead atoms. The second kappa shape index (κ2) is 6.20. The fraction of sp³-hybridized carbons (Fsp3) is 0.400. The summed E-state index contributed by atoms with van der Waals surface area (Å²) in [7, 11) is -3.68. The van der Waals surface area contributed by atoms with Gasteiger partial charge < -0.3 is 10.1 Å². The van der Waals surface area contributed by atoms with Crippen molar-refractivity contribution in [3.05, 3.63) is 47.9 Å². The Hall–Kier alpha value is -1.70. The minimum Gasteiger partial charge on any atom is -0.387 e. The summed E-state index contributed by atoms with van der Waals surface area (Å²) in [4.78, 5) is 6.19. The van der Waals surface area contributed by atoms with Crippen LogP contribution in [0.3, 0.4) is 0 Å². The van der Waals surface area contributed by atoms with E-state index in [1.165, 1.54) is 12.5 Å². The normalized spacial score (nSPS) is 14.0. The Labute approximate surface area is 130 Å². The molecule has 6 nitrogen and oxygen atoms in total. The van der Waals surface area contributed by atoms with E-state index >= 15 is 0 Å². The van der Waals surface area contributed by atoms with E-state index < -0.39 is 16.1 Å². The van der Waals surface area contributed by atoms with Crippen molar-refractivity contribution in [2.75, 3.05) is 6.54 Å². The summed E-state index contributed by atoms with van der Waals surface area (Å²) >= 11 is 0. The molecule has 0 aliphatic rings. The standard InChI is InChI=1S/C15H21N3O3S/c1-15(2,3)12-6-4-11(5-7-12)13(19)8-18-22(20,21)14-9-16-10-17-14/h4-7,9-10,13,18-19H,8H2,1-3H3,(H,16,17). The van der Waals surface area contributed by atoms with E-state index in [2.05, 4.69) is 35.5 Å². The van der Waals surface area contributed by atoms with E-state index in [0.717, 1.165) is 5.56 Å². The van der Waals surface area contributed by atoms with E-state index in [1.54, 1.807) is 0 Å². The number of hydrogen-bond donors (Lipinski definition) is 3. The number of imidazole rings is 1. The topological polar surface area (TPSA) is 95.1 Å². The fourth-order valence-electron chi connectivity index (χ4n) is 1.98. The van der Waals surface area contributed by atoms with Crippen LogP contribution < -0.4 is 4.72 Å². The molecule has 7 heteroatoms. The maximum absolute atomic E-state index is 11.9. The van der Waals surface area contributed by atoms with Crippen molar-refractivity contribution >= 4 is 10.0 Å². The largest absolute Gasteiger partial charge is 0.387 e. The second-order valence-electron chi connectivity index (χ2n) is 6.16. The van der Waals surface area contributed by atoms with Crippen molar-refractivity contribution in [3.63, 3.8) is 0 Å². The molecule has 0 saturated carbocycles. The van der Waals surface area contributed by atoms with Crippen LogP contribution >= 0.6 is 0 Å². The number of rotatable bonds is 5. The summed E-state index contributed by atoms with van der Waals surface area (Å²) < 4.78 is 26.2. The van der Waals surface area contributed by atoms with E-state index in [4.69, 9.17) is 0 Å². The number of aliphatic hydroxyl groups excluding tert-OH is 1. The van der Waals surface area contributed by atoms with Gasteiger partial charge in [-0.3, -0.25) is 0 Å². The number of benzene rings is 1. The molecule has 1 heterocycles. The third-order valence-corrected chi connectivity index (χ3v) is 4.74. The lowest BCUT2D eigenvalue weighted by molar-refractivity contribution is 0.182. The van der Waals surface area contributed by atoms with Crippen LogP contribution in [0.2, 0.25) is 0 Å². The van der Waals surface area contributed by atoms with Crippen molar-refractivity contribution in [1.82, 2.24) is 14.7 Å². The number of hydrogen-bond acceptors (Lipinski definition) is 4. The quantitative estimate of drug-likeness (QED) is 0.781. The van der Waals surface area contributed by atoms with Crippen molar-refractivity contribution in [2.45, 2.75) is 37.3 Å². The van der Waals surface area contributed by atoms with Crippen LogP contribution in [-0.2, 0) is 15.4 Å². The minimum absolute atomic E-state index is 0.0252. The summed E-state index contributed by atoms with van der Waals surface area (Å²) in [5.74, 6) is 0. The highest BCUT2D eigenvalue weighted by molar-refractivity contribution is 7.89. The SMILES string of the molecule is CC(C)(C)c1ccc(C(O)CNS(=O)(=O)c2cnc[nH]2)cc1. The molecule has 22 heavy (non-hydrogen) atoms. The van der Waals surface area contributed by atoms with Gasteiger partial charge in [0.05, 0.1) is 18.6 Å². The molecule has 1 aromatic heterocycles. The Kier molecular flexibility index (Phi) is 4.69. The van der Waals surface area contributed by atoms with Gasteiger partial charge in [0.25, 0.3) is 10.0 Å². The molecule has 0 amide bonds. The fourth-order valence-corrected chi connectivity index (χ4v) is 2.92. The Morgan fingerprint density at radius 3 is 2.41 bits per heavy atom. The number of aliphatic hydroxyl groups is 1. The first-order valence-corrected chi connectivity index (χ1v) is 8.45. The number of sulfonamides is 1. The van der Waals surface area contributed by atoms with E-state index in [9.17, 15) is 13.5 Å². The molecule has 2 rings (SSSR count). The van der Waals surface area contributed by atoms with Crippen LogP contribution in [0, 0.1) is 0 Å². The van der Waals surface area contributed by atoms with Gasteiger partial charge in [-0.05, 0) is 16.5 Å². The van der Waals surface area contributed by atoms with E-state index in [0.29, 0.717) is 5.56 Å². The Morgan fingerprint density at radius 2 is 1.91 bits per heavy atom. The second-order valence-corrected chi connectivity index (χ2v) is 7.89. The van der Waals surface area contributed by atoms with E-state index in [1.807, 2.05) is 24.3 Å². The molecule has 1 aromatic carbocycles. The maximum Gasteiger partial charge on any atom is 0.257 e. The molecule has 0 aliphatic heterocycles. The first-order valence-electron chi connectivity index (χ1n) is 6.97. The number of nitrogens with zero attached hydrogens (tertiary/aromatic N) is 1. The lowest BCUT2D eigenvalue weighted by Crippen LogP contribution is -2.28. The smallest absolute Gasteiger partial charge is 0.257 e. The molecular formula is C15H21N3O3S. The van der Waals surface area contributed by atoms with Gasteiger partial charge in [-0.25, -0.2) is 18.1 Å². The van der Waals surface area contributed by atoms with Crippen molar-refractivity contribution < 1.29 is 13.5 Å². The molecule has 1 atom stereocenters. The van der Waals surface area contributed by atoms with E-state index in [-0.39, 0.29) is 17.0 Å². The minimum atomic E-state index is -3.68. The zero-order valence-corrected chi connectivity index (χ0v) is 13.7. The molecule has 0 fully saturated rings. The average molecular weight is 323 g/mol. The van der Waals surface area contributed by atoms with Crippen LogP contribution in [-0.4, -0.2) is 30.0 Å². The van der Waals surface area contributed by atoms with Crippen molar-refractivity contribution in [3.8, 4) is 0 Å².